The highest BCUT2D eigenvalue weighted by Gasteiger charge is 2.34. The second-order valence-corrected chi connectivity index (χ2v) is 11.3. The first-order chi connectivity index (χ1) is 21.6. The molecule has 2 aromatic heterocycles. The number of benzene rings is 2. The van der Waals surface area contributed by atoms with Crippen molar-refractivity contribution in [3.8, 4) is 11.8 Å². The van der Waals surface area contributed by atoms with Gasteiger partial charge >= 0.3 is 6.18 Å². The average Bonchev–Trinajstić information content (AvgIpc) is 3.43. The van der Waals surface area contributed by atoms with Crippen molar-refractivity contribution < 1.29 is 22.8 Å². The van der Waals surface area contributed by atoms with Gasteiger partial charge in [0.2, 0.25) is 5.91 Å². The van der Waals surface area contributed by atoms with E-state index < -0.39 is 11.7 Å². The number of fused-ring (bicyclic) bond motifs is 1. The predicted molar refractivity (Wildman–Crippen MR) is 165 cm³/mol. The first kappa shape index (κ1) is 31.9. The average molecular weight is 617 g/mol. The molecule has 0 unspecified atom stereocenters. The van der Waals surface area contributed by atoms with Crippen LogP contribution >= 0.6 is 0 Å². The van der Waals surface area contributed by atoms with Crippen molar-refractivity contribution in [1.29, 1.82) is 0 Å². The minimum absolute atomic E-state index is 0.0560. The van der Waals surface area contributed by atoms with Crippen molar-refractivity contribution in [2.24, 2.45) is 0 Å². The predicted octanol–water partition coefficient (Wildman–Crippen LogP) is 4.53. The monoisotopic (exact) mass is 616 g/mol. The minimum atomic E-state index is -4.54. The highest BCUT2D eigenvalue weighted by molar-refractivity contribution is 5.98. The Balaban J connectivity index is 1.24. The maximum Gasteiger partial charge on any atom is 0.416 e. The maximum atomic E-state index is 14.2. The molecule has 45 heavy (non-hydrogen) atoms. The zero-order valence-electron chi connectivity index (χ0n) is 25.3. The molecule has 1 aliphatic rings. The van der Waals surface area contributed by atoms with Gasteiger partial charge in [-0.15, -0.1) is 0 Å². The molecule has 1 saturated heterocycles. The fraction of sp³-hybridized carbons (Fsp3) is 0.353. The third-order valence-corrected chi connectivity index (χ3v) is 7.89. The van der Waals surface area contributed by atoms with Crippen LogP contribution in [0.1, 0.15) is 57.2 Å². The zero-order valence-corrected chi connectivity index (χ0v) is 25.3. The van der Waals surface area contributed by atoms with Crippen molar-refractivity contribution in [2.45, 2.75) is 39.4 Å². The van der Waals surface area contributed by atoms with E-state index in [4.69, 9.17) is 0 Å². The van der Waals surface area contributed by atoms with Crippen LogP contribution in [-0.4, -0.2) is 75.4 Å². The van der Waals surface area contributed by atoms with Crippen LogP contribution in [0.3, 0.4) is 0 Å². The highest BCUT2D eigenvalue weighted by Crippen LogP contribution is 2.34. The number of aryl methyl sites for hydroxylation is 1. The van der Waals surface area contributed by atoms with Gasteiger partial charge in [-0.05, 0) is 66.8 Å². The van der Waals surface area contributed by atoms with Crippen LogP contribution in [0.2, 0.25) is 0 Å². The standard InChI is InChI=1S/C34H35F3N6O2/c1-24-6-8-28(21-27(24)10-11-30-22-39-33-5-3-13-40-43(30)33)32(45)20-26-7-9-29(31(19-26)34(35,36)37)23-42-17-15-41(16-18-42)14-4-12-38-25(2)44/h3,5-9,13,19,21-22H,4,12,14-18,20,23H2,1-2H3,(H,38,44). The van der Waals surface area contributed by atoms with Crippen LogP contribution in [0.25, 0.3) is 5.65 Å². The van der Waals surface area contributed by atoms with Crippen LogP contribution in [-0.2, 0) is 23.9 Å². The van der Waals surface area contributed by atoms with Crippen molar-refractivity contribution in [3.05, 3.63) is 100.0 Å². The molecule has 11 heteroatoms. The second kappa shape index (κ2) is 14.1. The van der Waals surface area contributed by atoms with E-state index in [-0.39, 0.29) is 30.2 Å². The van der Waals surface area contributed by atoms with Crippen LogP contribution in [0.4, 0.5) is 13.2 Å². The van der Waals surface area contributed by atoms with Crippen molar-refractivity contribution >= 4 is 17.3 Å². The Labute approximate surface area is 260 Å². The maximum absolute atomic E-state index is 14.2. The molecule has 0 atom stereocenters. The first-order valence-electron chi connectivity index (χ1n) is 14.9. The number of rotatable bonds is 9. The van der Waals surface area contributed by atoms with Crippen LogP contribution in [0.15, 0.2) is 60.9 Å². The smallest absolute Gasteiger partial charge is 0.356 e. The van der Waals surface area contributed by atoms with E-state index in [1.54, 1.807) is 47.2 Å². The molecular weight excluding hydrogens is 581 g/mol. The van der Waals surface area contributed by atoms with E-state index in [2.05, 4.69) is 32.1 Å². The van der Waals surface area contributed by atoms with Gasteiger partial charge in [0.25, 0.3) is 0 Å². The van der Waals surface area contributed by atoms with E-state index >= 15 is 0 Å². The molecule has 0 radical (unpaired) electrons. The molecule has 4 aromatic rings. The zero-order chi connectivity index (χ0) is 32.0. The van der Waals surface area contributed by atoms with Gasteiger partial charge in [-0.2, -0.15) is 18.3 Å². The Morgan fingerprint density at radius 3 is 2.53 bits per heavy atom. The summed E-state index contributed by atoms with van der Waals surface area (Å²) in [5.74, 6) is 5.80. The lowest BCUT2D eigenvalue weighted by molar-refractivity contribution is -0.138. The molecule has 1 amide bonds. The van der Waals surface area contributed by atoms with Gasteiger partial charge in [0.1, 0.15) is 5.69 Å². The van der Waals surface area contributed by atoms with Crippen LogP contribution in [0, 0.1) is 18.8 Å². The fourth-order valence-corrected chi connectivity index (χ4v) is 5.38. The van der Waals surface area contributed by atoms with Crippen molar-refractivity contribution in [2.75, 3.05) is 39.3 Å². The van der Waals surface area contributed by atoms with Crippen molar-refractivity contribution in [1.82, 2.24) is 29.7 Å². The van der Waals surface area contributed by atoms with Gasteiger partial charge in [0.05, 0.1) is 11.8 Å². The molecule has 5 rings (SSSR count). The number of halogens is 3. The molecule has 1 N–H and O–H groups in total. The first-order valence-corrected chi connectivity index (χ1v) is 14.9. The summed E-state index contributed by atoms with van der Waals surface area (Å²) in [6, 6.07) is 13.0. The number of hydrogen-bond acceptors (Lipinski definition) is 6. The van der Waals surface area contributed by atoms with Crippen LogP contribution in [0.5, 0.6) is 0 Å². The lowest BCUT2D eigenvalue weighted by Crippen LogP contribution is -2.46. The number of amides is 1. The number of alkyl halides is 3. The number of imidazole rings is 1. The largest absolute Gasteiger partial charge is 0.416 e. The number of nitrogens with zero attached hydrogens (tertiary/aromatic N) is 5. The van der Waals surface area contributed by atoms with E-state index in [1.165, 1.54) is 13.0 Å². The molecule has 2 aromatic carbocycles. The number of Topliss-reactive ketones (excluding diaryl/α,β-unsaturated/α-hetero) is 1. The summed E-state index contributed by atoms with van der Waals surface area (Å²) >= 11 is 0. The lowest BCUT2D eigenvalue weighted by atomic mass is 9.96. The van der Waals surface area contributed by atoms with E-state index in [1.807, 2.05) is 17.9 Å². The normalized spacial score (nSPS) is 14.2. The molecular formula is C34H35F3N6O2. The van der Waals surface area contributed by atoms with Crippen LogP contribution < -0.4 is 5.32 Å². The second-order valence-electron chi connectivity index (χ2n) is 11.3. The lowest BCUT2D eigenvalue weighted by Gasteiger charge is -2.35. The Morgan fingerprint density at radius 1 is 1.00 bits per heavy atom. The number of nitrogens with one attached hydrogen (secondary N) is 1. The molecule has 8 nitrogen and oxygen atoms in total. The summed E-state index contributed by atoms with van der Waals surface area (Å²) in [5, 5.41) is 7.03. The van der Waals surface area contributed by atoms with Gasteiger partial charge < -0.3 is 10.2 Å². The Morgan fingerprint density at radius 2 is 1.78 bits per heavy atom. The van der Waals surface area contributed by atoms with Gasteiger partial charge in [0, 0.05) is 69.9 Å². The summed E-state index contributed by atoms with van der Waals surface area (Å²) in [6.45, 7) is 7.82. The summed E-state index contributed by atoms with van der Waals surface area (Å²) in [5.41, 5.74) is 2.97. The number of piperazine rings is 1. The molecule has 0 saturated carbocycles. The third kappa shape index (κ3) is 8.35. The SMILES string of the molecule is CC(=O)NCCCN1CCN(Cc2ccc(CC(=O)c3ccc(C)c(C#Cc4cnc5cccnn45)c3)cc2C(F)(F)F)CC1. The van der Waals surface area contributed by atoms with Gasteiger partial charge in [-0.1, -0.05) is 30.2 Å². The van der Waals surface area contributed by atoms with E-state index in [9.17, 15) is 22.8 Å². The summed E-state index contributed by atoms with van der Waals surface area (Å²) in [4.78, 5) is 32.8. The molecule has 1 fully saturated rings. The van der Waals surface area contributed by atoms with E-state index in [0.29, 0.717) is 47.7 Å². The molecule has 234 valence electrons. The minimum Gasteiger partial charge on any atom is -0.356 e. The van der Waals surface area contributed by atoms with Gasteiger partial charge in [-0.25, -0.2) is 9.50 Å². The number of aromatic nitrogens is 3. The van der Waals surface area contributed by atoms with E-state index in [0.717, 1.165) is 37.7 Å². The number of ketones is 1. The molecule has 3 heterocycles. The number of hydrogen-bond donors (Lipinski definition) is 1. The summed E-state index contributed by atoms with van der Waals surface area (Å²) < 4.78 is 44.1. The Hall–Kier alpha value is -4.53. The van der Waals surface area contributed by atoms with Crippen molar-refractivity contribution in [3.63, 3.8) is 0 Å². The summed E-state index contributed by atoms with van der Waals surface area (Å²) in [7, 11) is 0. The third-order valence-electron chi connectivity index (χ3n) is 7.89. The highest BCUT2D eigenvalue weighted by atomic mass is 19.4. The fourth-order valence-electron chi connectivity index (χ4n) is 5.38. The topological polar surface area (TPSA) is 82.8 Å². The molecule has 1 aliphatic heterocycles. The molecule has 0 aliphatic carbocycles. The summed E-state index contributed by atoms with van der Waals surface area (Å²) in [6.07, 6.45) is -0.605. The van der Waals surface area contributed by atoms with Gasteiger partial charge in [-0.3, -0.25) is 14.5 Å². The Kier molecular flexibility index (Phi) is 9.96. The quantitative estimate of drug-likeness (QED) is 0.169. The number of carbonyl (C=O) groups excluding carboxylic acids is 2. The Bertz CT molecular complexity index is 1750. The number of carbonyl (C=O) groups is 2. The van der Waals surface area contributed by atoms with Gasteiger partial charge in [0.15, 0.2) is 11.4 Å². The molecule has 0 spiro atoms. The molecule has 0 bridgehead atoms.